The second kappa shape index (κ2) is 11.8. The van der Waals surface area contributed by atoms with Gasteiger partial charge in [0.15, 0.2) is 0 Å². The van der Waals surface area contributed by atoms with Gasteiger partial charge in [0.2, 0.25) is 11.8 Å². The van der Waals surface area contributed by atoms with Gasteiger partial charge >= 0.3 is 6.03 Å². The predicted molar refractivity (Wildman–Crippen MR) is 134 cm³/mol. The van der Waals surface area contributed by atoms with Crippen molar-refractivity contribution in [3.8, 4) is 0 Å². The molecule has 2 aromatic heterocycles. The van der Waals surface area contributed by atoms with Crippen LogP contribution in [0.25, 0.3) is 0 Å². The molecule has 40 heavy (non-hydrogen) atoms. The van der Waals surface area contributed by atoms with Crippen LogP contribution in [0.15, 0.2) is 30.6 Å². The number of anilines is 1. The minimum absolute atomic E-state index is 0.0123. The lowest BCUT2D eigenvalue weighted by Crippen LogP contribution is -2.58. The van der Waals surface area contributed by atoms with Crippen molar-refractivity contribution < 1.29 is 36.7 Å². The summed E-state index contributed by atoms with van der Waals surface area (Å²) in [7, 11) is 2.91. The highest BCUT2D eigenvalue weighted by Gasteiger charge is 2.43. The van der Waals surface area contributed by atoms with Crippen LogP contribution in [-0.4, -0.2) is 82.2 Å². The third-order valence-electron chi connectivity index (χ3n) is 7.14. The van der Waals surface area contributed by atoms with Gasteiger partial charge in [0.25, 0.3) is 11.8 Å². The van der Waals surface area contributed by atoms with Gasteiger partial charge in [-0.3, -0.25) is 14.3 Å². The number of halogens is 4. The van der Waals surface area contributed by atoms with Crippen LogP contribution in [0.2, 0.25) is 0 Å². The summed E-state index contributed by atoms with van der Waals surface area (Å²) in [6.07, 6.45) is 1.93. The van der Waals surface area contributed by atoms with E-state index in [1.807, 2.05) is 0 Å². The van der Waals surface area contributed by atoms with Gasteiger partial charge in [0.1, 0.15) is 17.6 Å². The molecule has 0 spiro atoms. The van der Waals surface area contributed by atoms with Crippen LogP contribution in [0.4, 0.5) is 28.2 Å². The Labute approximate surface area is 227 Å². The summed E-state index contributed by atoms with van der Waals surface area (Å²) in [5.41, 5.74) is 0.547. The first-order chi connectivity index (χ1) is 18.9. The average molecular weight is 570 g/mol. The molecule has 1 aliphatic carbocycles. The first-order valence-electron chi connectivity index (χ1n) is 12.7. The number of rotatable bonds is 9. The summed E-state index contributed by atoms with van der Waals surface area (Å²) in [5, 5.41) is 11.4. The molecule has 0 aromatic carbocycles. The molecule has 2 fully saturated rings. The minimum atomic E-state index is -3.15. The molecule has 3 heterocycles. The quantitative estimate of drug-likeness (QED) is 0.398. The molecule has 0 radical (unpaired) electrons. The molecule has 0 bridgehead atoms. The summed E-state index contributed by atoms with van der Waals surface area (Å²) in [5.74, 6) is -7.82. The smallest absolute Gasteiger partial charge is 0.318 e. The van der Waals surface area contributed by atoms with Gasteiger partial charge in [0.05, 0.1) is 25.7 Å². The normalized spacial score (nSPS) is 20.4. The fourth-order valence-corrected chi connectivity index (χ4v) is 4.99. The first kappa shape index (κ1) is 29.2. The number of pyridine rings is 1. The predicted octanol–water partition coefficient (Wildman–Crippen LogP) is 2.73. The molecule has 2 aromatic rings. The van der Waals surface area contributed by atoms with Crippen molar-refractivity contribution in [3.05, 3.63) is 41.9 Å². The summed E-state index contributed by atoms with van der Waals surface area (Å²) < 4.78 is 62.4. The number of hydrogen-bond donors (Lipinski definition) is 3. The molecule has 0 unspecified atom stereocenters. The van der Waals surface area contributed by atoms with Crippen LogP contribution in [-0.2, 0) is 16.6 Å². The minimum Gasteiger partial charge on any atom is -0.382 e. The Kier molecular flexibility index (Phi) is 8.61. The molecule has 1 aliphatic heterocycles. The molecule has 3 N–H and O–H groups in total. The van der Waals surface area contributed by atoms with Crippen LogP contribution in [0.1, 0.15) is 47.8 Å². The Bertz CT molecular complexity index is 1230. The fourth-order valence-electron chi connectivity index (χ4n) is 4.99. The number of nitrogens with one attached hydrogen (secondary N) is 3. The van der Waals surface area contributed by atoms with E-state index < -0.39 is 73.6 Å². The van der Waals surface area contributed by atoms with Gasteiger partial charge in [-0.25, -0.2) is 27.3 Å². The van der Waals surface area contributed by atoms with Crippen LogP contribution >= 0.6 is 0 Å². The van der Waals surface area contributed by atoms with E-state index >= 15 is 0 Å². The number of nitrogens with zero attached hydrogens (tertiary/aromatic N) is 4. The average Bonchev–Trinajstić information content (AvgIpc) is 3.33. The van der Waals surface area contributed by atoms with Gasteiger partial charge in [-0.15, -0.1) is 0 Å². The number of alkyl halides is 4. The van der Waals surface area contributed by atoms with Crippen LogP contribution < -0.4 is 16.0 Å². The van der Waals surface area contributed by atoms with Crippen molar-refractivity contribution in [2.24, 2.45) is 13.0 Å². The van der Waals surface area contributed by atoms with Gasteiger partial charge < -0.3 is 25.6 Å². The number of amides is 4. The molecule has 4 amide bonds. The Balaban J connectivity index is 1.55. The lowest BCUT2D eigenvalue weighted by atomic mass is 9.81. The number of aryl methyl sites for hydroxylation is 1. The lowest BCUT2D eigenvalue weighted by molar-refractivity contribution is -0.121. The second-order valence-corrected chi connectivity index (χ2v) is 10.1. The molecule has 15 heteroatoms. The van der Waals surface area contributed by atoms with Crippen LogP contribution in [0.3, 0.4) is 0 Å². The summed E-state index contributed by atoms with van der Waals surface area (Å²) >= 11 is 0. The lowest BCUT2D eigenvalue weighted by Gasteiger charge is -2.38. The topological polar surface area (TPSA) is 130 Å². The Morgan fingerprint density at radius 3 is 2.55 bits per heavy atom. The zero-order chi connectivity index (χ0) is 29.1. The molecule has 2 aliphatic rings. The summed E-state index contributed by atoms with van der Waals surface area (Å²) in [6.45, 7) is -1.72. The number of carbonyl (C=O) groups is 3. The van der Waals surface area contributed by atoms with E-state index in [0.717, 1.165) is 4.90 Å². The number of ether oxygens (including phenoxy) is 1. The molecular formula is C25H31F4N7O4. The number of methoxy groups -OCH3 is 1. The van der Waals surface area contributed by atoms with Crippen LogP contribution in [0, 0.1) is 5.92 Å². The number of urea groups is 1. The maximum absolute atomic E-state index is 14.1. The van der Waals surface area contributed by atoms with E-state index in [0.29, 0.717) is 5.56 Å². The highest BCUT2D eigenvalue weighted by atomic mass is 19.3. The van der Waals surface area contributed by atoms with E-state index in [2.05, 4.69) is 26.0 Å². The zero-order valence-electron chi connectivity index (χ0n) is 22.0. The summed E-state index contributed by atoms with van der Waals surface area (Å²) in [6, 6.07) is 1.60. The Morgan fingerprint density at radius 2 is 1.90 bits per heavy atom. The summed E-state index contributed by atoms with van der Waals surface area (Å²) in [4.78, 5) is 43.8. The third-order valence-corrected chi connectivity index (χ3v) is 7.14. The number of hydrogen-bond acceptors (Lipinski definition) is 6. The molecule has 1 saturated carbocycles. The zero-order valence-corrected chi connectivity index (χ0v) is 22.0. The van der Waals surface area contributed by atoms with Gasteiger partial charge in [0, 0.05) is 39.4 Å². The molecule has 11 nitrogen and oxygen atoms in total. The Morgan fingerprint density at radius 1 is 1.18 bits per heavy atom. The largest absolute Gasteiger partial charge is 0.382 e. The van der Waals surface area contributed by atoms with Gasteiger partial charge in [-0.2, -0.15) is 5.10 Å². The van der Waals surface area contributed by atoms with Crippen molar-refractivity contribution in [1.29, 1.82) is 0 Å². The van der Waals surface area contributed by atoms with Crippen LogP contribution in [0.5, 0.6) is 0 Å². The van der Waals surface area contributed by atoms with E-state index in [4.69, 9.17) is 4.74 Å². The SMILES string of the molecule is COC[C@H](c1ccnc(NC(=O)[C@@H](NC(=O)c2ccnn2C)C2CCC(F)(F)CC2)c1)N1CC(F)(F)CNC1=O. The van der Waals surface area contributed by atoms with Crippen molar-refractivity contribution in [3.63, 3.8) is 0 Å². The maximum Gasteiger partial charge on any atom is 0.318 e. The van der Waals surface area contributed by atoms with E-state index in [1.165, 1.54) is 42.4 Å². The van der Waals surface area contributed by atoms with Crippen molar-refractivity contribution in [1.82, 2.24) is 30.3 Å². The molecule has 218 valence electrons. The highest BCUT2D eigenvalue weighted by molar-refractivity contribution is 6.00. The van der Waals surface area contributed by atoms with E-state index in [-0.39, 0.29) is 31.0 Å². The second-order valence-electron chi connectivity index (χ2n) is 10.1. The number of aromatic nitrogens is 3. The van der Waals surface area contributed by atoms with Crippen molar-refractivity contribution in [2.45, 2.75) is 49.6 Å². The molecular weight excluding hydrogens is 538 g/mol. The maximum atomic E-state index is 14.1. The fraction of sp³-hybridized carbons (Fsp3) is 0.560. The standard InChI is InChI=1S/C25H31F4N7O4/c1-35-17(6-10-32-35)21(37)34-20(15-3-7-24(26,27)8-4-15)22(38)33-19-11-16(5-9-30-19)18(12-40-2)36-14-25(28,29)13-31-23(36)39/h5-6,9-11,15,18,20H,3-4,7-8,12-14H2,1-2H3,(H,31,39)(H,34,37)(H,30,33,38)/t18-,20+/m1/s1. The highest BCUT2D eigenvalue weighted by Crippen LogP contribution is 2.38. The first-order valence-corrected chi connectivity index (χ1v) is 12.7. The van der Waals surface area contributed by atoms with Gasteiger partial charge in [-0.1, -0.05) is 0 Å². The van der Waals surface area contributed by atoms with Crippen molar-refractivity contribution in [2.75, 3.05) is 32.1 Å². The van der Waals surface area contributed by atoms with E-state index in [1.54, 1.807) is 7.05 Å². The van der Waals surface area contributed by atoms with Crippen molar-refractivity contribution >= 4 is 23.7 Å². The molecule has 1 saturated heterocycles. The monoisotopic (exact) mass is 569 g/mol. The molecule has 2 atom stereocenters. The number of carbonyl (C=O) groups excluding carboxylic acids is 3. The third kappa shape index (κ3) is 6.87. The molecule has 4 rings (SSSR count). The van der Waals surface area contributed by atoms with E-state index in [9.17, 15) is 31.9 Å². The Hall–Kier alpha value is -3.75. The van der Waals surface area contributed by atoms with Gasteiger partial charge in [-0.05, 0) is 42.5 Å².